The molecule has 1 aromatic carbocycles. The van der Waals surface area contributed by atoms with Gasteiger partial charge in [0.2, 0.25) is 10.0 Å². The number of benzene rings is 1. The van der Waals surface area contributed by atoms with Gasteiger partial charge in [-0.1, -0.05) is 11.6 Å². The minimum atomic E-state index is -3.95. The van der Waals surface area contributed by atoms with Gasteiger partial charge in [-0.15, -0.1) is 0 Å². The molecule has 8 heteroatoms. The number of hydrogen-bond donors (Lipinski definition) is 1. The third kappa shape index (κ3) is 3.52. The van der Waals surface area contributed by atoms with Crippen LogP contribution in [0.15, 0.2) is 21.5 Å². The normalized spacial score (nSPS) is 15.2. The van der Waals surface area contributed by atoms with Crippen LogP contribution < -0.4 is 5.14 Å². The maximum Gasteiger partial charge on any atom is 0.253 e. The van der Waals surface area contributed by atoms with Crippen LogP contribution >= 0.6 is 27.5 Å². The molecule has 1 saturated carbocycles. The SMILES string of the molecule is CN(CC1CC1)C(=O)c1cc(Cl)c(Br)c(S(N)(=O)=O)c1. The molecular weight excluding hydrogens is 368 g/mol. The van der Waals surface area contributed by atoms with E-state index >= 15 is 0 Å². The zero-order valence-electron chi connectivity index (χ0n) is 10.8. The summed E-state index contributed by atoms with van der Waals surface area (Å²) >= 11 is 9.02. The van der Waals surface area contributed by atoms with E-state index in [1.807, 2.05) is 0 Å². The number of amides is 1. The summed E-state index contributed by atoms with van der Waals surface area (Å²) in [4.78, 5) is 13.7. The van der Waals surface area contributed by atoms with Crippen molar-refractivity contribution in [3.05, 3.63) is 27.2 Å². The lowest BCUT2D eigenvalue weighted by molar-refractivity contribution is 0.0788. The van der Waals surface area contributed by atoms with E-state index in [-0.39, 0.29) is 25.9 Å². The first kappa shape index (κ1) is 15.8. The molecule has 0 radical (unpaired) electrons. The van der Waals surface area contributed by atoms with E-state index in [1.54, 1.807) is 11.9 Å². The standard InChI is InChI=1S/C12H14BrClN2O3S/c1-16(6-7-2-3-7)12(17)8-4-9(14)11(13)10(5-8)20(15,18)19/h4-5,7H,2-3,6H2,1H3,(H2,15,18,19). The molecule has 1 fully saturated rings. The van der Waals surface area contributed by atoms with E-state index in [2.05, 4.69) is 15.9 Å². The Morgan fingerprint density at radius 2 is 2.10 bits per heavy atom. The van der Waals surface area contributed by atoms with E-state index in [0.29, 0.717) is 12.5 Å². The Labute approximate surface area is 131 Å². The van der Waals surface area contributed by atoms with Crippen molar-refractivity contribution in [3.8, 4) is 0 Å². The van der Waals surface area contributed by atoms with Gasteiger partial charge < -0.3 is 4.90 Å². The molecule has 0 atom stereocenters. The molecule has 1 aliphatic carbocycles. The monoisotopic (exact) mass is 380 g/mol. The molecule has 20 heavy (non-hydrogen) atoms. The van der Waals surface area contributed by atoms with E-state index in [0.717, 1.165) is 12.8 Å². The fraction of sp³-hybridized carbons (Fsp3) is 0.417. The highest BCUT2D eigenvalue weighted by molar-refractivity contribution is 9.10. The Balaban J connectivity index is 2.36. The van der Waals surface area contributed by atoms with Gasteiger partial charge in [-0.05, 0) is 46.8 Å². The van der Waals surface area contributed by atoms with Crippen LogP contribution in [0.5, 0.6) is 0 Å². The third-order valence-corrected chi connectivity index (χ3v) is 5.70. The number of rotatable bonds is 4. The summed E-state index contributed by atoms with van der Waals surface area (Å²) in [7, 11) is -2.26. The van der Waals surface area contributed by atoms with Crippen LogP contribution in [-0.2, 0) is 10.0 Å². The minimum Gasteiger partial charge on any atom is -0.341 e. The summed E-state index contributed by atoms with van der Waals surface area (Å²) in [5.41, 5.74) is 0.213. The molecular formula is C12H14BrClN2O3S. The number of halogens is 2. The highest BCUT2D eigenvalue weighted by atomic mass is 79.9. The van der Waals surface area contributed by atoms with Gasteiger partial charge >= 0.3 is 0 Å². The second kappa shape index (κ2) is 5.63. The van der Waals surface area contributed by atoms with Crippen molar-refractivity contribution >= 4 is 43.5 Å². The predicted molar refractivity (Wildman–Crippen MR) is 80.2 cm³/mol. The number of nitrogens with two attached hydrogens (primary N) is 1. The van der Waals surface area contributed by atoms with Crippen molar-refractivity contribution in [2.24, 2.45) is 11.1 Å². The van der Waals surface area contributed by atoms with E-state index in [9.17, 15) is 13.2 Å². The maximum atomic E-state index is 12.3. The van der Waals surface area contributed by atoms with Crippen LogP contribution in [0.3, 0.4) is 0 Å². The van der Waals surface area contributed by atoms with Crippen LogP contribution in [0.2, 0.25) is 5.02 Å². The van der Waals surface area contributed by atoms with Gasteiger partial charge in [0.15, 0.2) is 0 Å². The zero-order chi connectivity index (χ0) is 15.1. The number of primary sulfonamides is 1. The van der Waals surface area contributed by atoms with Crippen molar-refractivity contribution in [1.82, 2.24) is 4.90 Å². The Morgan fingerprint density at radius 1 is 1.50 bits per heavy atom. The highest BCUT2D eigenvalue weighted by Gasteiger charge is 2.26. The average Bonchev–Trinajstić information content (AvgIpc) is 3.13. The molecule has 1 aliphatic rings. The highest BCUT2D eigenvalue weighted by Crippen LogP contribution is 2.32. The van der Waals surface area contributed by atoms with Gasteiger partial charge in [0.25, 0.3) is 5.91 Å². The molecule has 1 amide bonds. The molecule has 0 aliphatic heterocycles. The summed E-state index contributed by atoms with van der Waals surface area (Å²) in [6.45, 7) is 0.664. The second-order valence-electron chi connectivity index (χ2n) is 4.94. The van der Waals surface area contributed by atoms with Crippen molar-refractivity contribution in [1.29, 1.82) is 0 Å². The smallest absolute Gasteiger partial charge is 0.253 e. The summed E-state index contributed by atoms with van der Waals surface area (Å²) < 4.78 is 23.2. The fourth-order valence-corrected chi connectivity index (χ4v) is 3.72. The first-order chi connectivity index (χ1) is 9.20. The first-order valence-corrected chi connectivity index (χ1v) is 8.69. The number of nitrogens with zero attached hydrogens (tertiary/aromatic N) is 1. The number of sulfonamides is 1. The molecule has 2 rings (SSSR count). The van der Waals surface area contributed by atoms with Gasteiger partial charge in [0.1, 0.15) is 0 Å². The zero-order valence-corrected chi connectivity index (χ0v) is 13.9. The number of carbonyl (C=O) groups is 1. The van der Waals surface area contributed by atoms with Gasteiger partial charge in [-0.3, -0.25) is 4.79 Å². The maximum absolute atomic E-state index is 12.3. The third-order valence-electron chi connectivity index (χ3n) is 3.12. The average molecular weight is 382 g/mol. The van der Waals surface area contributed by atoms with Gasteiger partial charge in [0.05, 0.1) is 14.4 Å². The van der Waals surface area contributed by atoms with E-state index in [1.165, 1.54) is 12.1 Å². The molecule has 2 N–H and O–H groups in total. The van der Waals surface area contributed by atoms with Crippen LogP contribution in [0.4, 0.5) is 0 Å². The Morgan fingerprint density at radius 3 is 2.60 bits per heavy atom. The van der Waals surface area contributed by atoms with Crippen molar-refractivity contribution in [3.63, 3.8) is 0 Å². The molecule has 0 heterocycles. The van der Waals surface area contributed by atoms with Crippen LogP contribution in [0, 0.1) is 5.92 Å². The Kier molecular flexibility index (Phi) is 4.44. The molecule has 0 saturated heterocycles. The topological polar surface area (TPSA) is 80.5 Å². The summed E-state index contributed by atoms with van der Waals surface area (Å²) in [5, 5.41) is 5.26. The van der Waals surface area contributed by atoms with Gasteiger partial charge in [0, 0.05) is 19.2 Å². The fourth-order valence-electron chi connectivity index (χ4n) is 1.89. The van der Waals surface area contributed by atoms with Crippen LogP contribution in [0.1, 0.15) is 23.2 Å². The molecule has 110 valence electrons. The van der Waals surface area contributed by atoms with Gasteiger partial charge in [-0.2, -0.15) is 0 Å². The second-order valence-corrected chi connectivity index (χ2v) is 7.67. The van der Waals surface area contributed by atoms with Crippen molar-refractivity contribution < 1.29 is 13.2 Å². The summed E-state index contributed by atoms with van der Waals surface area (Å²) in [5.74, 6) is 0.281. The number of hydrogen-bond acceptors (Lipinski definition) is 3. The van der Waals surface area contributed by atoms with E-state index in [4.69, 9.17) is 16.7 Å². The first-order valence-electron chi connectivity index (χ1n) is 5.97. The predicted octanol–water partition coefficient (Wildman–Crippen LogP) is 2.23. The van der Waals surface area contributed by atoms with Crippen molar-refractivity contribution in [2.75, 3.05) is 13.6 Å². The van der Waals surface area contributed by atoms with Crippen LogP contribution in [-0.4, -0.2) is 32.8 Å². The molecule has 0 spiro atoms. The quantitative estimate of drug-likeness (QED) is 0.868. The lowest BCUT2D eigenvalue weighted by atomic mass is 10.2. The Bertz CT molecular complexity index is 659. The van der Waals surface area contributed by atoms with Crippen LogP contribution in [0.25, 0.3) is 0 Å². The summed E-state index contributed by atoms with van der Waals surface area (Å²) in [6.07, 6.45) is 2.25. The summed E-state index contributed by atoms with van der Waals surface area (Å²) in [6, 6.07) is 2.68. The Hall–Kier alpha value is -0.630. The molecule has 0 bridgehead atoms. The molecule has 0 unspecified atom stereocenters. The van der Waals surface area contributed by atoms with Crippen molar-refractivity contribution in [2.45, 2.75) is 17.7 Å². The largest absolute Gasteiger partial charge is 0.341 e. The van der Waals surface area contributed by atoms with Gasteiger partial charge in [-0.25, -0.2) is 13.6 Å². The minimum absolute atomic E-state index is 0.139. The molecule has 5 nitrogen and oxygen atoms in total. The molecule has 0 aromatic heterocycles. The lowest BCUT2D eigenvalue weighted by Crippen LogP contribution is -2.29. The lowest BCUT2D eigenvalue weighted by Gasteiger charge is -2.17. The number of carbonyl (C=O) groups excluding carboxylic acids is 1. The molecule has 1 aromatic rings. The van der Waals surface area contributed by atoms with E-state index < -0.39 is 10.0 Å².